The van der Waals surface area contributed by atoms with E-state index in [0.29, 0.717) is 11.3 Å². The summed E-state index contributed by atoms with van der Waals surface area (Å²) in [5.74, 6) is -11.0. The predicted octanol–water partition coefficient (Wildman–Crippen LogP) is 3.78. The van der Waals surface area contributed by atoms with E-state index in [4.69, 9.17) is 10.5 Å². The number of carbonyl (C=O) groups excluding carboxylic acids is 1. The van der Waals surface area contributed by atoms with E-state index < -0.39 is 52.6 Å². The number of anilines is 1. The van der Waals surface area contributed by atoms with Crippen molar-refractivity contribution in [3.05, 3.63) is 58.7 Å². The largest absolute Gasteiger partial charge is 0.497 e. The van der Waals surface area contributed by atoms with Crippen molar-refractivity contribution in [1.29, 1.82) is 0 Å². The van der Waals surface area contributed by atoms with Crippen LogP contribution in [0.3, 0.4) is 0 Å². The molecule has 2 rings (SSSR count). The predicted molar refractivity (Wildman–Crippen MR) is 84.6 cm³/mol. The van der Waals surface area contributed by atoms with Gasteiger partial charge in [0.15, 0.2) is 23.3 Å². The summed E-state index contributed by atoms with van der Waals surface area (Å²) in [6, 6.07) is 4.84. The zero-order chi connectivity index (χ0) is 21.2. The average molecular weight is 410 g/mol. The van der Waals surface area contributed by atoms with Crippen LogP contribution < -0.4 is 15.8 Å². The second-order valence-electron chi connectivity index (χ2n) is 5.66. The molecule has 152 valence electrons. The standard InChI is InChI=1S/C17H13F7N2O2/c1-28-8-4-2-3-7(5-8)6-9(25)16(27)26-15-13(20)11(18)10(17(22,23)24)12(19)14(15)21/h2-5,9H,6,25H2,1H3,(H,26,27)/t9-/m0/s1. The van der Waals surface area contributed by atoms with Crippen molar-refractivity contribution in [3.63, 3.8) is 0 Å². The molecule has 2 aromatic carbocycles. The smallest absolute Gasteiger partial charge is 0.422 e. The van der Waals surface area contributed by atoms with E-state index in [1.54, 1.807) is 18.2 Å². The number of ether oxygens (including phenoxy) is 1. The van der Waals surface area contributed by atoms with Gasteiger partial charge in [-0.25, -0.2) is 17.6 Å². The summed E-state index contributed by atoms with van der Waals surface area (Å²) in [6.07, 6.45) is -5.83. The van der Waals surface area contributed by atoms with E-state index in [0.717, 1.165) is 0 Å². The lowest BCUT2D eigenvalue weighted by Crippen LogP contribution is -2.38. The highest BCUT2D eigenvalue weighted by Crippen LogP contribution is 2.38. The highest BCUT2D eigenvalue weighted by molar-refractivity contribution is 5.95. The van der Waals surface area contributed by atoms with Crippen molar-refractivity contribution >= 4 is 11.6 Å². The summed E-state index contributed by atoms with van der Waals surface area (Å²) in [6.45, 7) is 0. The third-order valence-corrected chi connectivity index (χ3v) is 3.72. The van der Waals surface area contributed by atoms with Gasteiger partial charge < -0.3 is 15.8 Å². The molecule has 11 heteroatoms. The Balaban J connectivity index is 2.28. The molecule has 0 spiro atoms. The minimum Gasteiger partial charge on any atom is -0.497 e. The monoisotopic (exact) mass is 410 g/mol. The normalized spacial score (nSPS) is 12.6. The molecule has 0 aliphatic carbocycles. The molecule has 4 nitrogen and oxygen atoms in total. The van der Waals surface area contributed by atoms with Crippen LogP contribution in [0.25, 0.3) is 0 Å². The molecule has 3 N–H and O–H groups in total. The number of methoxy groups -OCH3 is 1. The number of carbonyl (C=O) groups is 1. The number of benzene rings is 2. The number of hydrogen-bond donors (Lipinski definition) is 2. The van der Waals surface area contributed by atoms with Crippen molar-refractivity contribution < 1.29 is 40.3 Å². The quantitative estimate of drug-likeness (QED) is 0.583. The van der Waals surface area contributed by atoms with Crippen LogP contribution in [0.1, 0.15) is 11.1 Å². The summed E-state index contributed by atoms with van der Waals surface area (Å²) >= 11 is 0. The third-order valence-electron chi connectivity index (χ3n) is 3.72. The second-order valence-corrected chi connectivity index (χ2v) is 5.66. The highest BCUT2D eigenvalue weighted by atomic mass is 19.4. The zero-order valence-electron chi connectivity index (χ0n) is 14.1. The molecule has 0 saturated heterocycles. The third kappa shape index (κ3) is 4.35. The number of hydrogen-bond acceptors (Lipinski definition) is 3. The molecule has 0 radical (unpaired) electrons. The molecule has 28 heavy (non-hydrogen) atoms. The Bertz CT molecular complexity index is 871. The summed E-state index contributed by atoms with van der Waals surface area (Å²) in [7, 11) is 1.39. The summed E-state index contributed by atoms with van der Waals surface area (Å²) in [5, 5.41) is 1.49. The topological polar surface area (TPSA) is 64.3 Å². The number of nitrogens with two attached hydrogens (primary N) is 1. The van der Waals surface area contributed by atoms with Crippen LogP contribution >= 0.6 is 0 Å². The van der Waals surface area contributed by atoms with Crippen molar-refractivity contribution in [2.24, 2.45) is 5.73 Å². The SMILES string of the molecule is COc1cccc(C[C@H](N)C(=O)Nc2c(F)c(F)c(C(F)(F)F)c(F)c2F)c1. The Kier molecular flexibility index (Phi) is 6.17. The highest BCUT2D eigenvalue weighted by Gasteiger charge is 2.42. The van der Waals surface area contributed by atoms with Crippen molar-refractivity contribution in [2.45, 2.75) is 18.6 Å². The second kappa shape index (κ2) is 8.05. The van der Waals surface area contributed by atoms with Gasteiger partial charge in [-0.1, -0.05) is 12.1 Å². The Morgan fingerprint density at radius 1 is 1.11 bits per heavy atom. The van der Waals surface area contributed by atoms with Crippen molar-refractivity contribution in [1.82, 2.24) is 0 Å². The van der Waals surface area contributed by atoms with Crippen molar-refractivity contribution in [3.8, 4) is 5.75 Å². The van der Waals surface area contributed by atoms with Crippen molar-refractivity contribution in [2.75, 3.05) is 12.4 Å². The molecule has 2 aromatic rings. The minimum absolute atomic E-state index is 0.155. The lowest BCUT2D eigenvalue weighted by molar-refractivity contribution is -0.143. The Morgan fingerprint density at radius 2 is 1.68 bits per heavy atom. The number of nitrogens with one attached hydrogen (secondary N) is 1. The van der Waals surface area contributed by atoms with Gasteiger partial charge in [0.2, 0.25) is 5.91 Å². The van der Waals surface area contributed by atoms with Crippen LogP contribution in [-0.2, 0) is 17.4 Å². The van der Waals surface area contributed by atoms with Crippen LogP contribution in [0, 0.1) is 23.3 Å². The van der Waals surface area contributed by atoms with E-state index in [-0.39, 0.29) is 6.42 Å². The van der Waals surface area contributed by atoms with Gasteiger partial charge in [-0.3, -0.25) is 4.79 Å². The molecule has 1 atom stereocenters. The van der Waals surface area contributed by atoms with E-state index >= 15 is 0 Å². The fourth-order valence-corrected chi connectivity index (χ4v) is 2.35. The summed E-state index contributed by atoms with van der Waals surface area (Å²) in [4.78, 5) is 12.0. The lowest BCUT2D eigenvalue weighted by atomic mass is 10.1. The fourth-order valence-electron chi connectivity index (χ4n) is 2.35. The number of amides is 1. The Labute approximate surface area is 154 Å². The molecule has 0 aliphatic heterocycles. The molecule has 0 aliphatic rings. The van der Waals surface area contributed by atoms with Gasteiger partial charge in [0, 0.05) is 0 Å². The van der Waals surface area contributed by atoms with Gasteiger partial charge in [-0.05, 0) is 24.1 Å². The van der Waals surface area contributed by atoms with E-state index in [1.165, 1.54) is 18.5 Å². The molecule has 0 saturated carbocycles. The van der Waals surface area contributed by atoms with Crippen LogP contribution in [0.15, 0.2) is 24.3 Å². The van der Waals surface area contributed by atoms with Crippen LogP contribution in [-0.4, -0.2) is 19.1 Å². The molecular formula is C17H13F7N2O2. The average Bonchev–Trinajstić information content (AvgIpc) is 2.62. The van der Waals surface area contributed by atoms with Gasteiger partial charge in [-0.15, -0.1) is 0 Å². The lowest BCUT2D eigenvalue weighted by Gasteiger charge is -2.17. The number of halogens is 7. The molecular weight excluding hydrogens is 397 g/mol. The fraction of sp³-hybridized carbons (Fsp3) is 0.235. The molecule has 0 unspecified atom stereocenters. The summed E-state index contributed by atoms with van der Waals surface area (Å²) in [5.41, 5.74) is 1.66. The van der Waals surface area contributed by atoms with E-state index in [9.17, 15) is 35.5 Å². The number of rotatable bonds is 5. The van der Waals surface area contributed by atoms with Crippen LogP contribution in [0.5, 0.6) is 5.75 Å². The van der Waals surface area contributed by atoms with Gasteiger partial charge in [0.05, 0.1) is 13.2 Å². The maximum absolute atomic E-state index is 13.8. The number of alkyl halides is 3. The van der Waals surface area contributed by atoms with Gasteiger partial charge >= 0.3 is 6.18 Å². The van der Waals surface area contributed by atoms with Gasteiger partial charge in [-0.2, -0.15) is 13.2 Å². The first-order chi connectivity index (χ1) is 13.0. The Hall–Kier alpha value is -2.82. The van der Waals surface area contributed by atoms with E-state index in [2.05, 4.69) is 0 Å². The minimum atomic E-state index is -5.68. The zero-order valence-corrected chi connectivity index (χ0v) is 14.1. The van der Waals surface area contributed by atoms with E-state index in [1.807, 2.05) is 0 Å². The summed E-state index contributed by atoms with van der Waals surface area (Å²) < 4.78 is 97.5. The first-order valence-corrected chi connectivity index (χ1v) is 7.59. The molecule has 0 heterocycles. The first kappa shape index (κ1) is 21.5. The molecule has 0 aromatic heterocycles. The van der Waals surface area contributed by atoms with Crippen LogP contribution in [0.2, 0.25) is 0 Å². The first-order valence-electron chi connectivity index (χ1n) is 7.59. The van der Waals surface area contributed by atoms with Gasteiger partial charge in [0.25, 0.3) is 0 Å². The maximum Gasteiger partial charge on any atom is 0.422 e. The Morgan fingerprint density at radius 3 is 2.18 bits per heavy atom. The van der Waals surface area contributed by atoms with Gasteiger partial charge in [0.1, 0.15) is 17.0 Å². The maximum atomic E-state index is 13.8. The molecule has 0 fully saturated rings. The van der Waals surface area contributed by atoms with Crippen LogP contribution in [0.4, 0.5) is 36.4 Å². The molecule has 0 bridgehead atoms. The molecule has 1 amide bonds.